The Morgan fingerprint density at radius 2 is 2.06 bits per heavy atom. The highest BCUT2D eigenvalue weighted by Gasteiger charge is 2.03. The van der Waals surface area contributed by atoms with Gasteiger partial charge in [-0.25, -0.2) is 0 Å². The molecule has 0 spiro atoms. The fraction of sp³-hybridized carbons (Fsp3) is 0.538. The zero-order valence-corrected chi connectivity index (χ0v) is 10.9. The molecule has 0 saturated heterocycles. The van der Waals surface area contributed by atoms with Crippen LogP contribution < -0.4 is 5.32 Å². The minimum atomic E-state index is 0.862. The third kappa shape index (κ3) is 4.97. The Morgan fingerprint density at radius 1 is 1.31 bits per heavy atom. The molecule has 0 radical (unpaired) electrons. The van der Waals surface area contributed by atoms with Crippen molar-refractivity contribution in [2.75, 3.05) is 26.7 Å². The van der Waals surface area contributed by atoms with Crippen LogP contribution >= 0.6 is 11.6 Å². The summed E-state index contributed by atoms with van der Waals surface area (Å²) in [6, 6.07) is 8.04. The second kappa shape index (κ2) is 7.66. The van der Waals surface area contributed by atoms with Crippen LogP contribution in [-0.2, 0) is 6.54 Å². The maximum absolute atomic E-state index is 6.11. The molecule has 1 rings (SSSR count). The lowest BCUT2D eigenvalue weighted by atomic mass is 10.2. The molecule has 1 aromatic rings. The van der Waals surface area contributed by atoms with Gasteiger partial charge in [0.2, 0.25) is 0 Å². The number of nitrogens with zero attached hydrogens (tertiary/aromatic N) is 1. The normalized spacial score (nSPS) is 11.0. The summed E-state index contributed by atoms with van der Waals surface area (Å²) >= 11 is 6.11. The van der Waals surface area contributed by atoms with Gasteiger partial charge in [-0.3, -0.25) is 0 Å². The van der Waals surface area contributed by atoms with Crippen molar-refractivity contribution in [3.8, 4) is 0 Å². The van der Waals surface area contributed by atoms with E-state index in [9.17, 15) is 0 Å². The summed E-state index contributed by atoms with van der Waals surface area (Å²) in [4.78, 5) is 2.30. The molecule has 0 atom stereocenters. The van der Waals surface area contributed by atoms with Gasteiger partial charge in [0.1, 0.15) is 0 Å². The van der Waals surface area contributed by atoms with Crippen molar-refractivity contribution in [3.63, 3.8) is 0 Å². The molecule has 0 aliphatic rings. The van der Waals surface area contributed by atoms with Gasteiger partial charge in [0.15, 0.2) is 0 Å². The standard InChI is InChI=1S/C13H21ClN2/c1-3-15-9-6-10-16(2)11-12-7-4-5-8-13(12)14/h4-5,7-8,15H,3,6,9-11H2,1-2H3. The van der Waals surface area contributed by atoms with Crippen LogP contribution in [0.1, 0.15) is 18.9 Å². The summed E-state index contributed by atoms with van der Waals surface area (Å²) in [6.45, 7) is 6.29. The molecule has 3 heteroatoms. The first-order chi connectivity index (χ1) is 7.74. The molecule has 1 aromatic carbocycles. The van der Waals surface area contributed by atoms with Crippen molar-refractivity contribution in [3.05, 3.63) is 34.9 Å². The summed E-state index contributed by atoms with van der Waals surface area (Å²) in [5, 5.41) is 4.19. The smallest absolute Gasteiger partial charge is 0.0451 e. The van der Waals surface area contributed by atoms with E-state index in [1.165, 1.54) is 12.0 Å². The number of hydrogen-bond donors (Lipinski definition) is 1. The first kappa shape index (κ1) is 13.5. The van der Waals surface area contributed by atoms with Gasteiger partial charge in [-0.1, -0.05) is 36.7 Å². The molecule has 2 nitrogen and oxygen atoms in total. The summed E-state index contributed by atoms with van der Waals surface area (Å²) in [6.07, 6.45) is 1.18. The third-order valence-corrected chi connectivity index (χ3v) is 2.91. The molecule has 0 aliphatic heterocycles. The van der Waals surface area contributed by atoms with Gasteiger partial charge in [-0.05, 0) is 44.7 Å². The van der Waals surface area contributed by atoms with Crippen LogP contribution in [0.4, 0.5) is 0 Å². The molecule has 0 aromatic heterocycles. The van der Waals surface area contributed by atoms with Crippen LogP contribution in [0.5, 0.6) is 0 Å². The molecule has 1 N–H and O–H groups in total. The molecule has 0 bridgehead atoms. The second-order valence-electron chi connectivity index (χ2n) is 4.04. The Morgan fingerprint density at radius 3 is 2.75 bits per heavy atom. The van der Waals surface area contributed by atoms with Gasteiger partial charge in [0.05, 0.1) is 0 Å². The van der Waals surface area contributed by atoms with E-state index in [4.69, 9.17) is 11.6 Å². The average molecular weight is 241 g/mol. The molecular weight excluding hydrogens is 220 g/mol. The molecule has 0 aliphatic carbocycles. The maximum Gasteiger partial charge on any atom is 0.0451 e. The largest absolute Gasteiger partial charge is 0.317 e. The number of benzene rings is 1. The SMILES string of the molecule is CCNCCCN(C)Cc1ccccc1Cl. The maximum atomic E-state index is 6.11. The monoisotopic (exact) mass is 240 g/mol. The van der Waals surface area contributed by atoms with Crippen molar-refractivity contribution in [2.24, 2.45) is 0 Å². The molecule has 0 heterocycles. The van der Waals surface area contributed by atoms with Gasteiger partial charge in [0, 0.05) is 11.6 Å². The lowest BCUT2D eigenvalue weighted by Gasteiger charge is -2.17. The zero-order valence-electron chi connectivity index (χ0n) is 10.2. The minimum Gasteiger partial charge on any atom is -0.317 e. The third-order valence-electron chi connectivity index (χ3n) is 2.54. The molecule has 0 amide bonds. The van der Waals surface area contributed by atoms with Gasteiger partial charge in [-0.2, -0.15) is 0 Å². The predicted octanol–water partition coefficient (Wildman–Crippen LogP) is 2.77. The van der Waals surface area contributed by atoms with Crippen LogP contribution in [0.2, 0.25) is 5.02 Å². The van der Waals surface area contributed by atoms with Crippen molar-refractivity contribution in [2.45, 2.75) is 19.9 Å². The van der Waals surface area contributed by atoms with Crippen molar-refractivity contribution in [1.82, 2.24) is 10.2 Å². The highest BCUT2D eigenvalue weighted by Crippen LogP contribution is 2.16. The topological polar surface area (TPSA) is 15.3 Å². The van der Waals surface area contributed by atoms with E-state index in [0.29, 0.717) is 0 Å². The Labute approximate surface area is 104 Å². The summed E-state index contributed by atoms with van der Waals surface area (Å²) in [5.74, 6) is 0. The number of hydrogen-bond acceptors (Lipinski definition) is 2. The van der Waals surface area contributed by atoms with E-state index in [0.717, 1.165) is 31.2 Å². The van der Waals surface area contributed by atoms with E-state index in [2.05, 4.69) is 30.3 Å². The van der Waals surface area contributed by atoms with E-state index in [1.54, 1.807) is 0 Å². The lowest BCUT2D eigenvalue weighted by Crippen LogP contribution is -2.23. The van der Waals surface area contributed by atoms with Gasteiger partial charge >= 0.3 is 0 Å². The Hall–Kier alpha value is -0.570. The second-order valence-corrected chi connectivity index (χ2v) is 4.44. The van der Waals surface area contributed by atoms with Crippen LogP contribution in [-0.4, -0.2) is 31.6 Å². The summed E-state index contributed by atoms with van der Waals surface area (Å²) in [7, 11) is 2.13. The highest BCUT2D eigenvalue weighted by atomic mass is 35.5. The molecule has 0 fully saturated rings. The van der Waals surface area contributed by atoms with Crippen LogP contribution in [0.3, 0.4) is 0 Å². The van der Waals surface area contributed by atoms with E-state index >= 15 is 0 Å². The number of rotatable bonds is 7. The van der Waals surface area contributed by atoms with E-state index < -0.39 is 0 Å². The van der Waals surface area contributed by atoms with Crippen molar-refractivity contribution in [1.29, 1.82) is 0 Å². The van der Waals surface area contributed by atoms with Crippen molar-refractivity contribution < 1.29 is 0 Å². The molecular formula is C13H21ClN2. The van der Waals surface area contributed by atoms with Gasteiger partial charge in [-0.15, -0.1) is 0 Å². The molecule has 16 heavy (non-hydrogen) atoms. The van der Waals surface area contributed by atoms with Crippen molar-refractivity contribution >= 4 is 11.6 Å². The van der Waals surface area contributed by atoms with Gasteiger partial charge in [0.25, 0.3) is 0 Å². The Kier molecular flexibility index (Phi) is 6.46. The Bertz CT molecular complexity index is 302. The predicted molar refractivity (Wildman–Crippen MR) is 70.9 cm³/mol. The number of halogens is 1. The highest BCUT2D eigenvalue weighted by molar-refractivity contribution is 6.31. The van der Waals surface area contributed by atoms with E-state index in [-0.39, 0.29) is 0 Å². The fourth-order valence-corrected chi connectivity index (χ4v) is 1.84. The molecule has 0 saturated carbocycles. The first-order valence-electron chi connectivity index (χ1n) is 5.86. The molecule has 90 valence electrons. The summed E-state index contributed by atoms with van der Waals surface area (Å²) < 4.78 is 0. The first-order valence-corrected chi connectivity index (χ1v) is 6.24. The number of nitrogens with one attached hydrogen (secondary N) is 1. The van der Waals surface area contributed by atoms with Gasteiger partial charge < -0.3 is 10.2 Å². The van der Waals surface area contributed by atoms with Crippen LogP contribution in [0, 0.1) is 0 Å². The zero-order chi connectivity index (χ0) is 11.8. The minimum absolute atomic E-state index is 0.862. The average Bonchev–Trinajstić information content (AvgIpc) is 2.28. The van der Waals surface area contributed by atoms with Crippen LogP contribution in [0.15, 0.2) is 24.3 Å². The fourth-order valence-electron chi connectivity index (χ4n) is 1.65. The summed E-state index contributed by atoms with van der Waals surface area (Å²) in [5.41, 5.74) is 1.20. The molecule has 0 unspecified atom stereocenters. The Balaban J connectivity index is 2.28. The lowest BCUT2D eigenvalue weighted by molar-refractivity contribution is 0.320. The van der Waals surface area contributed by atoms with E-state index in [1.807, 2.05) is 18.2 Å². The quantitative estimate of drug-likeness (QED) is 0.738. The van der Waals surface area contributed by atoms with Crippen LogP contribution in [0.25, 0.3) is 0 Å².